The van der Waals surface area contributed by atoms with Crippen LogP contribution in [0.4, 0.5) is 0 Å². The first-order chi connectivity index (χ1) is 7.33. The molecule has 1 N–H and O–H groups in total. The number of aliphatic hydroxyl groups is 1. The third-order valence-electron chi connectivity index (χ3n) is 2.17. The summed E-state index contributed by atoms with van der Waals surface area (Å²) in [7, 11) is 0. The number of rotatable bonds is 3. The lowest BCUT2D eigenvalue weighted by atomic mass is 10.1. The number of benzene rings is 1. The van der Waals surface area contributed by atoms with Crippen LogP contribution >= 0.6 is 11.8 Å². The molecule has 15 heavy (non-hydrogen) atoms. The SMILES string of the molecule is Cc1nnc(SCCO)c2ccccc12. The molecular formula is C11H12N2OS. The molecule has 0 aliphatic heterocycles. The molecule has 0 aliphatic rings. The van der Waals surface area contributed by atoms with E-state index in [4.69, 9.17) is 5.11 Å². The summed E-state index contributed by atoms with van der Waals surface area (Å²) in [6.45, 7) is 2.12. The first kappa shape index (κ1) is 10.4. The molecule has 0 spiro atoms. The lowest BCUT2D eigenvalue weighted by Crippen LogP contribution is -1.94. The van der Waals surface area contributed by atoms with Gasteiger partial charge in [-0.3, -0.25) is 0 Å². The number of aryl methyl sites for hydroxylation is 1. The minimum Gasteiger partial charge on any atom is -0.396 e. The maximum absolute atomic E-state index is 8.79. The Morgan fingerprint density at radius 2 is 1.93 bits per heavy atom. The third kappa shape index (κ3) is 2.11. The Kier molecular flexibility index (Phi) is 3.18. The number of nitrogens with zero attached hydrogens (tertiary/aromatic N) is 2. The van der Waals surface area contributed by atoms with Crippen LogP contribution in [0.2, 0.25) is 0 Å². The minimum absolute atomic E-state index is 0.161. The van der Waals surface area contributed by atoms with Crippen LogP contribution in [-0.4, -0.2) is 27.7 Å². The molecule has 1 aromatic carbocycles. The smallest absolute Gasteiger partial charge is 0.127 e. The van der Waals surface area contributed by atoms with Crippen LogP contribution in [0.5, 0.6) is 0 Å². The van der Waals surface area contributed by atoms with Crippen LogP contribution in [0.15, 0.2) is 29.3 Å². The van der Waals surface area contributed by atoms with E-state index < -0.39 is 0 Å². The predicted octanol–water partition coefficient (Wildman–Crippen LogP) is 2.02. The molecule has 3 nitrogen and oxygen atoms in total. The predicted molar refractivity (Wildman–Crippen MR) is 62.1 cm³/mol. The summed E-state index contributed by atoms with van der Waals surface area (Å²) in [5.74, 6) is 0.654. The van der Waals surface area contributed by atoms with E-state index in [9.17, 15) is 0 Å². The molecule has 0 aliphatic carbocycles. The van der Waals surface area contributed by atoms with Crippen molar-refractivity contribution in [3.63, 3.8) is 0 Å². The summed E-state index contributed by atoms with van der Waals surface area (Å²) < 4.78 is 0. The van der Waals surface area contributed by atoms with Gasteiger partial charge in [0.05, 0.1) is 12.3 Å². The summed E-state index contributed by atoms with van der Waals surface area (Å²) in [6.07, 6.45) is 0. The van der Waals surface area contributed by atoms with Crippen molar-refractivity contribution in [3.05, 3.63) is 30.0 Å². The fraction of sp³-hybridized carbons (Fsp3) is 0.273. The van der Waals surface area contributed by atoms with E-state index >= 15 is 0 Å². The van der Waals surface area contributed by atoms with Gasteiger partial charge in [-0.25, -0.2) is 0 Å². The monoisotopic (exact) mass is 220 g/mol. The number of thioether (sulfide) groups is 1. The van der Waals surface area contributed by atoms with E-state index in [1.807, 2.05) is 31.2 Å². The average Bonchev–Trinajstić information content (AvgIpc) is 2.29. The highest BCUT2D eigenvalue weighted by atomic mass is 32.2. The first-order valence-electron chi connectivity index (χ1n) is 4.78. The van der Waals surface area contributed by atoms with Gasteiger partial charge in [0, 0.05) is 16.5 Å². The Morgan fingerprint density at radius 3 is 2.67 bits per heavy atom. The van der Waals surface area contributed by atoms with Gasteiger partial charge in [0.15, 0.2) is 0 Å². The maximum Gasteiger partial charge on any atom is 0.127 e. The van der Waals surface area contributed by atoms with E-state index in [0.717, 1.165) is 21.5 Å². The molecule has 1 aromatic heterocycles. The van der Waals surface area contributed by atoms with Crippen LogP contribution < -0.4 is 0 Å². The third-order valence-corrected chi connectivity index (χ3v) is 3.13. The second-order valence-corrected chi connectivity index (χ2v) is 4.29. The number of aromatic nitrogens is 2. The van der Waals surface area contributed by atoms with Gasteiger partial charge in [-0.1, -0.05) is 24.3 Å². The molecule has 0 fully saturated rings. The second kappa shape index (κ2) is 4.59. The minimum atomic E-state index is 0.161. The van der Waals surface area contributed by atoms with Crippen molar-refractivity contribution >= 4 is 22.5 Å². The van der Waals surface area contributed by atoms with Gasteiger partial charge in [0.1, 0.15) is 5.03 Å². The van der Waals surface area contributed by atoms with E-state index in [1.54, 1.807) is 0 Å². The first-order valence-corrected chi connectivity index (χ1v) is 5.77. The molecule has 0 bridgehead atoms. The molecule has 78 valence electrons. The molecular weight excluding hydrogens is 208 g/mol. The zero-order chi connectivity index (χ0) is 10.7. The molecule has 1 heterocycles. The lowest BCUT2D eigenvalue weighted by molar-refractivity contribution is 0.322. The summed E-state index contributed by atoms with van der Waals surface area (Å²) in [4.78, 5) is 0. The summed E-state index contributed by atoms with van der Waals surface area (Å²) >= 11 is 1.53. The van der Waals surface area contributed by atoms with E-state index in [0.29, 0.717) is 5.75 Å². The number of aliphatic hydroxyl groups excluding tert-OH is 1. The Labute approximate surface area is 92.5 Å². The van der Waals surface area contributed by atoms with E-state index in [1.165, 1.54) is 11.8 Å². The van der Waals surface area contributed by atoms with Gasteiger partial charge in [0.25, 0.3) is 0 Å². The molecule has 0 radical (unpaired) electrons. The molecule has 4 heteroatoms. The highest BCUT2D eigenvalue weighted by Crippen LogP contribution is 2.25. The number of fused-ring (bicyclic) bond motifs is 1. The Morgan fingerprint density at radius 1 is 1.20 bits per heavy atom. The van der Waals surface area contributed by atoms with Gasteiger partial charge in [-0.2, -0.15) is 5.10 Å². The number of hydrogen-bond donors (Lipinski definition) is 1. The summed E-state index contributed by atoms with van der Waals surface area (Å²) in [5, 5.41) is 20.2. The van der Waals surface area contributed by atoms with Gasteiger partial charge < -0.3 is 5.11 Å². The maximum atomic E-state index is 8.79. The van der Waals surface area contributed by atoms with Gasteiger partial charge in [-0.05, 0) is 6.92 Å². The highest BCUT2D eigenvalue weighted by molar-refractivity contribution is 7.99. The second-order valence-electron chi connectivity index (χ2n) is 3.21. The quantitative estimate of drug-likeness (QED) is 0.804. The Bertz CT molecular complexity index is 473. The van der Waals surface area contributed by atoms with Gasteiger partial charge in [0.2, 0.25) is 0 Å². The van der Waals surface area contributed by atoms with Gasteiger partial charge in [-0.15, -0.1) is 16.9 Å². The molecule has 0 amide bonds. The summed E-state index contributed by atoms with van der Waals surface area (Å²) in [5.41, 5.74) is 0.943. The van der Waals surface area contributed by atoms with Crippen molar-refractivity contribution in [2.24, 2.45) is 0 Å². The van der Waals surface area contributed by atoms with E-state index in [-0.39, 0.29) is 6.61 Å². The number of hydrogen-bond acceptors (Lipinski definition) is 4. The molecule has 0 atom stereocenters. The van der Waals surface area contributed by atoms with Crippen molar-refractivity contribution in [3.8, 4) is 0 Å². The summed E-state index contributed by atoms with van der Waals surface area (Å²) in [6, 6.07) is 8.07. The van der Waals surface area contributed by atoms with Crippen molar-refractivity contribution in [2.45, 2.75) is 11.9 Å². The van der Waals surface area contributed by atoms with Crippen LogP contribution in [0, 0.1) is 6.92 Å². The standard InChI is InChI=1S/C11H12N2OS/c1-8-9-4-2-3-5-10(9)11(13-12-8)15-7-6-14/h2-5,14H,6-7H2,1H3. The molecule has 0 saturated carbocycles. The normalized spacial score (nSPS) is 10.8. The van der Waals surface area contributed by atoms with Crippen molar-refractivity contribution in [1.82, 2.24) is 10.2 Å². The van der Waals surface area contributed by atoms with Crippen LogP contribution in [-0.2, 0) is 0 Å². The van der Waals surface area contributed by atoms with E-state index in [2.05, 4.69) is 10.2 Å². The lowest BCUT2D eigenvalue weighted by Gasteiger charge is -2.05. The largest absolute Gasteiger partial charge is 0.396 e. The highest BCUT2D eigenvalue weighted by Gasteiger charge is 2.05. The van der Waals surface area contributed by atoms with Crippen LogP contribution in [0.1, 0.15) is 5.69 Å². The Hall–Kier alpha value is -1.13. The molecule has 2 aromatic rings. The molecule has 0 saturated heterocycles. The zero-order valence-corrected chi connectivity index (χ0v) is 9.29. The fourth-order valence-corrected chi connectivity index (χ4v) is 2.18. The molecule has 0 unspecified atom stereocenters. The van der Waals surface area contributed by atoms with Crippen LogP contribution in [0.25, 0.3) is 10.8 Å². The average molecular weight is 220 g/mol. The zero-order valence-electron chi connectivity index (χ0n) is 8.47. The molecule has 2 rings (SSSR count). The van der Waals surface area contributed by atoms with Gasteiger partial charge >= 0.3 is 0 Å². The van der Waals surface area contributed by atoms with Crippen molar-refractivity contribution in [2.75, 3.05) is 12.4 Å². The van der Waals surface area contributed by atoms with Crippen molar-refractivity contribution in [1.29, 1.82) is 0 Å². The topological polar surface area (TPSA) is 46.0 Å². The fourth-order valence-electron chi connectivity index (χ4n) is 1.46. The van der Waals surface area contributed by atoms with Crippen molar-refractivity contribution < 1.29 is 5.11 Å². The Balaban J connectivity index is 2.51. The van der Waals surface area contributed by atoms with Crippen LogP contribution in [0.3, 0.4) is 0 Å².